The summed E-state index contributed by atoms with van der Waals surface area (Å²) in [6, 6.07) is 7.82. The van der Waals surface area contributed by atoms with Gasteiger partial charge in [-0.25, -0.2) is 4.98 Å². The second-order valence-corrected chi connectivity index (χ2v) is 9.09. The minimum Gasteiger partial charge on any atom is -0.493 e. The van der Waals surface area contributed by atoms with E-state index < -0.39 is 10.8 Å². The van der Waals surface area contributed by atoms with Crippen molar-refractivity contribution < 1.29 is 19.2 Å². The summed E-state index contributed by atoms with van der Waals surface area (Å²) in [6.45, 7) is 4.23. The van der Waals surface area contributed by atoms with E-state index in [1.165, 1.54) is 18.2 Å². The van der Waals surface area contributed by atoms with Crippen molar-refractivity contribution in [1.82, 2.24) is 15.2 Å². The maximum atomic E-state index is 12.5. The number of fused-ring (bicyclic) bond motifs is 1. The van der Waals surface area contributed by atoms with E-state index in [0.29, 0.717) is 24.6 Å². The smallest absolute Gasteiger partial charge is 0.282 e. The Balaban J connectivity index is 0.00000342. The molecule has 188 valence electrons. The lowest BCUT2D eigenvalue weighted by Crippen LogP contribution is -2.48. The Kier molecular flexibility index (Phi) is 8.95. The third-order valence-corrected chi connectivity index (χ3v) is 6.96. The van der Waals surface area contributed by atoms with E-state index in [-0.39, 0.29) is 28.7 Å². The van der Waals surface area contributed by atoms with Gasteiger partial charge in [-0.2, -0.15) is 0 Å². The minimum absolute atomic E-state index is 0. The number of amides is 1. The number of hydrogen-bond acceptors (Lipinski definition) is 9. The van der Waals surface area contributed by atoms with Gasteiger partial charge in [0, 0.05) is 50.4 Å². The highest BCUT2D eigenvalue weighted by Crippen LogP contribution is 2.40. The molecule has 1 aromatic heterocycles. The van der Waals surface area contributed by atoms with Crippen LogP contribution in [0.2, 0.25) is 5.02 Å². The highest BCUT2D eigenvalue weighted by molar-refractivity contribution is 7.22. The predicted octanol–water partition coefficient (Wildman–Crippen LogP) is 3.85. The summed E-state index contributed by atoms with van der Waals surface area (Å²) in [4.78, 5) is 32.3. The lowest BCUT2D eigenvalue weighted by molar-refractivity contribution is -0.385. The van der Waals surface area contributed by atoms with Gasteiger partial charge in [-0.15, -0.1) is 12.4 Å². The van der Waals surface area contributed by atoms with Gasteiger partial charge < -0.3 is 19.7 Å². The predicted molar refractivity (Wildman–Crippen MR) is 139 cm³/mol. The number of nitrogens with one attached hydrogen (secondary N) is 1. The molecule has 2 aromatic carbocycles. The van der Waals surface area contributed by atoms with Crippen LogP contribution in [-0.2, 0) is 0 Å². The molecule has 4 rings (SSSR count). The van der Waals surface area contributed by atoms with Crippen molar-refractivity contribution in [2.45, 2.75) is 0 Å². The number of ether oxygens (including phenoxy) is 2. The van der Waals surface area contributed by atoms with Gasteiger partial charge >= 0.3 is 0 Å². The van der Waals surface area contributed by atoms with Crippen LogP contribution in [0.4, 0.5) is 10.8 Å². The molecule has 1 aliphatic rings. The number of nitro benzene ring substituents is 1. The van der Waals surface area contributed by atoms with Crippen molar-refractivity contribution >= 4 is 62.3 Å². The minimum atomic E-state index is -0.585. The number of benzene rings is 2. The molecule has 1 fully saturated rings. The Bertz CT molecular complexity index is 1220. The number of carbonyl (C=O) groups excluding carboxylic acids is 1. The van der Waals surface area contributed by atoms with Gasteiger partial charge in [-0.05, 0) is 24.3 Å². The summed E-state index contributed by atoms with van der Waals surface area (Å²) in [7, 11) is 3.22. The zero-order valence-electron chi connectivity index (χ0n) is 19.2. The van der Waals surface area contributed by atoms with Gasteiger partial charge in [0.2, 0.25) is 0 Å². The average molecular weight is 542 g/mol. The summed E-state index contributed by atoms with van der Waals surface area (Å²) in [6.07, 6.45) is 0. The molecule has 35 heavy (non-hydrogen) atoms. The molecule has 1 N–H and O–H groups in total. The van der Waals surface area contributed by atoms with Crippen LogP contribution in [0.15, 0.2) is 30.3 Å². The van der Waals surface area contributed by atoms with Crippen LogP contribution in [0, 0.1) is 10.1 Å². The lowest BCUT2D eigenvalue weighted by atomic mass is 10.1. The number of nitrogens with zero attached hydrogens (tertiary/aromatic N) is 4. The normalized spacial score (nSPS) is 13.9. The first-order valence-corrected chi connectivity index (χ1v) is 11.8. The molecule has 0 radical (unpaired) electrons. The second-order valence-electron chi connectivity index (χ2n) is 7.65. The van der Waals surface area contributed by atoms with Crippen LogP contribution >= 0.6 is 35.3 Å². The summed E-state index contributed by atoms with van der Waals surface area (Å²) >= 11 is 7.53. The molecular weight excluding hydrogens is 517 g/mol. The number of aromatic nitrogens is 1. The Morgan fingerprint density at radius 1 is 1.20 bits per heavy atom. The first kappa shape index (κ1) is 26.7. The van der Waals surface area contributed by atoms with E-state index in [1.54, 1.807) is 25.6 Å². The van der Waals surface area contributed by atoms with Gasteiger partial charge in [0.25, 0.3) is 11.6 Å². The van der Waals surface area contributed by atoms with Gasteiger partial charge in [0.1, 0.15) is 11.1 Å². The van der Waals surface area contributed by atoms with Crippen molar-refractivity contribution in [2.24, 2.45) is 0 Å². The maximum absolute atomic E-state index is 12.5. The Labute approximate surface area is 217 Å². The van der Waals surface area contributed by atoms with E-state index in [0.717, 1.165) is 41.5 Å². The zero-order valence-corrected chi connectivity index (χ0v) is 21.5. The molecule has 1 amide bonds. The van der Waals surface area contributed by atoms with Crippen LogP contribution in [0.1, 0.15) is 10.4 Å². The number of piperazine rings is 1. The number of anilines is 1. The number of carbonyl (C=O) groups is 1. The fourth-order valence-corrected chi connectivity index (χ4v) is 5.06. The molecule has 0 spiro atoms. The number of nitro groups is 1. The van der Waals surface area contributed by atoms with Crippen LogP contribution in [-0.4, -0.2) is 74.2 Å². The lowest BCUT2D eigenvalue weighted by Gasteiger charge is -2.34. The molecule has 1 saturated heterocycles. The molecule has 0 unspecified atom stereocenters. The molecule has 0 bridgehead atoms. The second kappa shape index (κ2) is 11.7. The number of methoxy groups -OCH3 is 2. The van der Waals surface area contributed by atoms with Crippen molar-refractivity contribution in [2.75, 3.05) is 58.4 Å². The van der Waals surface area contributed by atoms with Crippen LogP contribution in [0.3, 0.4) is 0 Å². The topological polar surface area (TPSA) is 110 Å². The Hall–Kier alpha value is -2.86. The first-order chi connectivity index (χ1) is 16.4. The summed E-state index contributed by atoms with van der Waals surface area (Å²) < 4.78 is 11.9. The number of thiazole rings is 1. The van der Waals surface area contributed by atoms with Crippen LogP contribution in [0.5, 0.6) is 11.5 Å². The van der Waals surface area contributed by atoms with E-state index in [1.807, 2.05) is 12.1 Å². The molecule has 0 saturated carbocycles. The van der Waals surface area contributed by atoms with E-state index in [9.17, 15) is 14.9 Å². The monoisotopic (exact) mass is 541 g/mol. The maximum Gasteiger partial charge on any atom is 0.282 e. The molecule has 10 nitrogen and oxygen atoms in total. The number of rotatable bonds is 8. The van der Waals surface area contributed by atoms with Crippen LogP contribution < -0.4 is 19.7 Å². The summed E-state index contributed by atoms with van der Waals surface area (Å²) in [5, 5.41) is 15.2. The third-order valence-electron chi connectivity index (χ3n) is 5.65. The highest BCUT2D eigenvalue weighted by Gasteiger charge is 2.23. The number of hydrogen-bond donors (Lipinski definition) is 1. The SMILES string of the molecule is COc1ccc2sc(N3CCN(CCNC(=O)c4cc(Cl)ccc4[N+](=O)[O-])CC3)nc2c1OC.Cl. The number of halogens is 2. The fourth-order valence-electron chi connectivity index (χ4n) is 3.87. The third kappa shape index (κ3) is 5.87. The van der Waals surface area contributed by atoms with E-state index >= 15 is 0 Å². The van der Waals surface area contributed by atoms with E-state index in [2.05, 4.69) is 15.1 Å². The quantitative estimate of drug-likeness (QED) is 0.338. The average Bonchev–Trinajstić information content (AvgIpc) is 3.27. The van der Waals surface area contributed by atoms with Gasteiger partial charge in [0.05, 0.1) is 23.8 Å². The molecule has 13 heteroatoms. The van der Waals surface area contributed by atoms with Crippen molar-refractivity contribution in [1.29, 1.82) is 0 Å². The van der Waals surface area contributed by atoms with Crippen molar-refractivity contribution in [3.05, 3.63) is 51.0 Å². The van der Waals surface area contributed by atoms with Gasteiger partial charge in [-0.3, -0.25) is 19.8 Å². The molecular formula is C22H25Cl2N5O5S. The molecule has 0 atom stereocenters. The standard InChI is InChI=1S/C22H24ClN5O5S.ClH/c1-32-17-5-6-18-19(20(17)33-2)25-22(34-18)27-11-9-26(10-12-27)8-7-24-21(29)15-13-14(23)3-4-16(15)28(30)31;/h3-6,13H,7-12H2,1-2H3,(H,24,29);1H. The summed E-state index contributed by atoms with van der Waals surface area (Å²) in [5.74, 6) is 0.783. The largest absolute Gasteiger partial charge is 0.493 e. The van der Waals surface area contributed by atoms with E-state index in [4.69, 9.17) is 26.1 Å². The highest BCUT2D eigenvalue weighted by atomic mass is 35.5. The fraction of sp³-hybridized carbons (Fsp3) is 0.364. The van der Waals surface area contributed by atoms with Crippen LogP contribution in [0.25, 0.3) is 10.2 Å². The van der Waals surface area contributed by atoms with Gasteiger partial charge in [-0.1, -0.05) is 22.9 Å². The Morgan fingerprint density at radius 2 is 1.94 bits per heavy atom. The zero-order chi connectivity index (χ0) is 24.2. The summed E-state index contributed by atoms with van der Waals surface area (Å²) in [5.41, 5.74) is 0.493. The Morgan fingerprint density at radius 3 is 2.60 bits per heavy atom. The van der Waals surface area contributed by atoms with Crippen molar-refractivity contribution in [3.63, 3.8) is 0 Å². The van der Waals surface area contributed by atoms with Crippen molar-refractivity contribution in [3.8, 4) is 11.5 Å². The molecule has 3 aromatic rings. The molecule has 1 aliphatic heterocycles. The first-order valence-electron chi connectivity index (χ1n) is 10.6. The molecule has 0 aliphatic carbocycles. The molecule has 2 heterocycles. The van der Waals surface area contributed by atoms with Gasteiger partial charge in [0.15, 0.2) is 16.6 Å².